The Morgan fingerprint density at radius 3 is 1.50 bits per heavy atom. The minimum atomic E-state index is -0.924. The summed E-state index contributed by atoms with van der Waals surface area (Å²) in [6.45, 7) is 3.59. The van der Waals surface area contributed by atoms with E-state index in [9.17, 15) is 5.11 Å². The van der Waals surface area contributed by atoms with Gasteiger partial charge in [0.1, 0.15) is 16.4 Å². The number of aromatic nitrogens is 4. The van der Waals surface area contributed by atoms with Crippen molar-refractivity contribution in [1.82, 2.24) is 19.6 Å². The first kappa shape index (κ1) is 13.4. The number of hydrogen-bond acceptors (Lipinski definition) is 3. The molecule has 0 aliphatic heterocycles. The lowest BCUT2D eigenvalue weighted by atomic mass is 10.0. The van der Waals surface area contributed by atoms with Crippen molar-refractivity contribution >= 4 is 23.2 Å². The van der Waals surface area contributed by atoms with Gasteiger partial charge in [-0.2, -0.15) is 10.2 Å². The zero-order valence-corrected chi connectivity index (χ0v) is 12.1. The summed E-state index contributed by atoms with van der Waals surface area (Å²) < 4.78 is 3.05. The quantitative estimate of drug-likeness (QED) is 0.921. The number of hydrogen-bond donors (Lipinski definition) is 1. The molecule has 1 N–H and O–H groups in total. The largest absolute Gasteiger partial charge is 0.383 e. The van der Waals surface area contributed by atoms with Crippen molar-refractivity contribution in [3.05, 3.63) is 32.8 Å². The molecule has 2 heterocycles. The fourth-order valence-corrected chi connectivity index (χ4v) is 2.61. The Kier molecular flexibility index (Phi) is 3.40. The molecule has 5 nitrogen and oxygen atoms in total. The molecule has 7 heteroatoms. The van der Waals surface area contributed by atoms with E-state index in [2.05, 4.69) is 10.2 Å². The van der Waals surface area contributed by atoms with Crippen LogP contribution in [0.1, 0.15) is 28.6 Å². The zero-order valence-electron chi connectivity index (χ0n) is 10.6. The predicted octanol–water partition coefficient (Wildman–Crippen LogP) is 2.16. The molecule has 0 amide bonds. The third kappa shape index (κ3) is 1.92. The summed E-state index contributed by atoms with van der Waals surface area (Å²) in [5, 5.41) is 19.6. The van der Waals surface area contributed by atoms with Gasteiger partial charge in [0.15, 0.2) is 0 Å². The van der Waals surface area contributed by atoms with Gasteiger partial charge in [0.25, 0.3) is 0 Å². The van der Waals surface area contributed by atoms with Crippen molar-refractivity contribution in [1.29, 1.82) is 0 Å². The van der Waals surface area contributed by atoms with Crippen molar-refractivity contribution < 1.29 is 5.11 Å². The molecule has 0 aliphatic rings. The number of aryl methyl sites for hydroxylation is 4. The highest BCUT2D eigenvalue weighted by Gasteiger charge is 2.26. The van der Waals surface area contributed by atoms with Crippen molar-refractivity contribution in [3.63, 3.8) is 0 Å². The molecule has 18 heavy (non-hydrogen) atoms. The summed E-state index contributed by atoms with van der Waals surface area (Å²) in [6.07, 6.45) is -0.924. The van der Waals surface area contributed by atoms with Crippen molar-refractivity contribution in [2.24, 2.45) is 14.1 Å². The van der Waals surface area contributed by atoms with E-state index in [0.717, 1.165) is 0 Å². The molecular weight excluding hydrogens is 275 g/mol. The van der Waals surface area contributed by atoms with Crippen LogP contribution in [0.3, 0.4) is 0 Å². The van der Waals surface area contributed by atoms with E-state index in [1.54, 1.807) is 27.9 Å². The van der Waals surface area contributed by atoms with Gasteiger partial charge in [-0.25, -0.2) is 0 Å². The molecule has 2 rings (SSSR count). The number of nitrogens with zero attached hydrogens (tertiary/aromatic N) is 4. The maximum absolute atomic E-state index is 10.5. The molecular formula is C11H14Cl2N4O. The van der Waals surface area contributed by atoms with Crippen LogP contribution in [0.5, 0.6) is 0 Å². The van der Waals surface area contributed by atoms with Gasteiger partial charge in [0.05, 0.1) is 11.4 Å². The molecule has 0 aliphatic carbocycles. The molecule has 0 fully saturated rings. The van der Waals surface area contributed by atoms with Gasteiger partial charge < -0.3 is 5.11 Å². The maximum Gasteiger partial charge on any atom is 0.133 e. The van der Waals surface area contributed by atoms with Gasteiger partial charge in [-0.15, -0.1) is 0 Å². The third-order valence-electron chi connectivity index (χ3n) is 2.94. The Hall–Kier alpha value is -1.04. The first-order valence-corrected chi connectivity index (χ1v) is 6.16. The van der Waals surface area contributed by atoms with Gasteiger partial charge in [0.2, 0.25) is 0 Å². The second-order valence-corrected chi connectivity index (χ2v) is 4.95. The predicted molar refractivity (Wildman–Crippen MR) is 70.0 cm³/mol. The topological polar surface area (TPSA) is 55.9 Å². The second kappa shape index (κ2) is 4.57. The highest BCUT2D eigenvalue weighted by atomic mass is 35.5. The Labute approximate surface area is 115 Å². The first-order chi connectivity index (χ1) is 8.34. The minimum Gasteiger partial charge on any atom is -0.383 e. The van der Waals surface area contributed by atoms with E-state index >= 15 is 0 Å². The lowest BCUT2D eigenvalue weighted by Gasteiger charge is -2.10. The van der Waals surface area contributed by atoms with Gasteiger partial charge in [-0.05, 0) is 13.8 Å². The molecule has 2 aromatic heterocycles. The van der Waals surface area contributed by atoms with Crippen molar-refractivity contribution in [3.8, 4) is 0 Å². The number of rotatable bonds is 2. The van der Waals surface area contributed by atoms with E-state index in [0.29, 0.717) is 32.8 Å². The van der Waals surface area contributed by atoms with Crippen LogP contribution in [0.2, 0.25) is 10.3 Å². The van der Waals surface area contributed by atoms with Crippen LogP contribution >= 0.6 is 23.2 Å². The second-order valence-electron chi connectivity index (χ2n) is 4.23. The van der Waals surface area contributed by atoms with Crippen LogP contribution < -0.4 is 0 Å². The molecule has 2 aromatic rings. The number of halogens is 2. The Bertz CT molecular complexity index is 550. The Morgan fingerprint density at radius 2 is 1.28 bits per heavy atom. The lowest BCUT2D eigenvalue weighted by Crippen LogP contribution is -2.03. The van der Waals surface area contributed by atoms with Crippen LogP contribution in [-0.2, 0) is 14.1 Å². The standard InChI is InChI=1S/C11H14Cl2N4O/c1-5-7(10(12)16(3)14-5)9(18)8-6(2)15-17(4)11(8)13/h9,18H,1-4H3. The van der Waals surface area contributed by atoms with E-state index < -0.39 is 6.10 Å². The average Bonchev–Trinajstić information content (AvgIpc) is 2.66. The summed E-state index contributed by atoms with van der Waals surface area (Å²) in [4.78, 5) is 0. The summed E-state index contributed by atoms with van der Waals surface area (Å²) in [5.41, 5.74) is 2.48. The molecule has 98 valence electrons. The highest BCUT2D eigenvalue weighted by molar-refractivity contribution is 6.31. The van der Waals surface area contributed by atoms with Crippen molar-refractivity contribution in [2.45, 2.75) is 20.0 Å². The van der Waals surface area contributed by atoms with E-state index in [-0.39, 0.29) is 0 Å². The van der Waals surface area contributed by atoms with E-state index in [4.69, 9.17) is 23.2 Å². The monoisotopic (exact) mass is 288 g/mol. The zero-order chi connectivity index (χ0) is 13.6. The fraction of sp³-hybridized carbons (Fsp3) is 0.455. The van der Waals surface area contributed by atoms with Crippen LogP contribution in [0.4, 0.5) is 0 Å². The molecule has 0 spiro atoms. The van der Waals surface area contributed by atoms with Crippen molar-refractivity contribution in [2.75, 3.05) is 0 Å². The van der Waals surface area contributed by atoms with Crippen LogP contribution in [0.25, 0.3) is 0 Å². The van der Waals surface area contributed by atoms with Crippen LogP contribution in [0, 0.1) is 13.8 Å². The summed E-state index contributed by atoms with van der Waals surface area (Å²) in [7, 11) is 3.45. The maximum atomic E-state index is 10.5. The average molecular weight is 289 g/mol. The molecule has 0 unspecified atom stereocenters. The van der Waals surface area contributed by atoms with Crippen LogP contribution in [0.15, 0.2) is 0 Å². The molecule has 0 aromatic carbocycles. The summed E-state index contributed by atoms with van der Waals surface area (Å²) >= 11 is 12.3. The smallest absolute Gasteiger partial charge is 0.133 e. The molecule has 0 radical (unpaired) electrons. The third-order valence-corrected chi connectivity index (χ3v) is 3.84. The first-order valence-electron chi connectivity index (χ1n) is 5.40. The van der Waals surface area contributed by atoms with E-state index in [1.165, 1.54) is 9.36 Å². The molecule has 0 bridgehead atoms. The number of aliphatic hydroxyl groups is 1. The Balaban J connectivity index is 2.58. The minimum absolute atomic E-state index is 0.402. The van der Waals surface area contributed by atoms with Gasteiger partial charge in [-0.3, -0.25) is 9.36 Å². The lowest BCUT2D eigenvalue weighted by molar-refractivity contribution is 0.219. The van der Waals surface area contributed by atoms with Crippen LogP contribution in [-0.4, -0.2) is 24.7 Å². The van der Waals surface area contributed by atoms with E-state index in [1.807, 2.05) is 0 Å². The molecule has 0 atom stereocenters. The number of aliphatic hydroxyl groups excluding tert-OH is 1. The van der Waals surface area contributed by atoms with Gasteiger partial charge >= 0.3 is 0 Å². The SMILES string of the molecule is Cc1nn(C)c(Cl)c1C(O)c1c(C)nn(C)c1Cl. The normalized spacial score (nSPS) is 11.6. The van der Waals surface area contributed by atoms with Gasteiger partial charge in [0, 0.05) is 25.2 Å². The summed E-state index contributed by atoms with van der Waals surface area (Å²) in [5.74, 6) is 0. The fourth-order valence-electron chi connectivity index (χ4n) is 2.06. The highest BCUT2D eigenvalue weighted by Crippen LogP contribution is 2.35. The summed E-state index contributed by atoms with van der Waals surface area (Å²) in [6, 6.07) is 0. The van der Waals surface area contributed by atoms with Gasteiger partial charge in [-0.1, -0.05) is 23.2 Å². The molecule has 0 saturated carbocycles. The molecule has 0 saturated heterocycles. The Morgan fingerprint density at radius 1 is 0.944 bits per heavy atom.